The molecule has 0 amide bonds. The van der Waals surface area contributed by atoms with E-state index in [1.165, 1.54) is 109 Å². The molecule has 66 heavy (non-hydrogen) atoms. The molecule has 3 nitrogen and oxygen atoms in total. The van der Waals surface area contributed by atoms with Gasteiger partial charge in [0.1, 0.15) is 0 Å². The van der Waals surface area contributed by atoms with E-state index in [1.54, 1.807) is 0 Å². The lowest BCUT2D eigenvalue weighted by molar-refractivity contribution is 0.0820. The molecule has 5 aliphatic rings. The lowest BCUT2D eigenvalue weighted by atomic mass is 9.68. The van der Waals surface area contributed by atoms with Gasteiger partial charge in [0.05, 0.1) is 16.7 Å². The molecule has 0 aliphatic heterocycles. The molecule has 5 fully saturated rings. The number of carbonyl (C=O) groups is 3. The highest BCUT2D eigenvalue weighted by Crippen LogP contribution is 2.44. The van der Waals surface area contributed by atoms with Gasteiger partial charge in [0.2, 0.25) is 0 Å². The van der Waals surface area contributed by atoms with Crippen molar-refractivity contribution in [3.05, 3.63) is 105 Å². The number of aryl methyl sites for hydroxylation is 3. The quantitative estimate of drug-likeness (QED) is 0.167. The van der Waals surface area contributed by atoms with Gasteiger partial charge in [-0.1, -0.05) is 77.5 Å². The minimum atomic E-state index is -0.987. The van der Waals surface area contributed by atoms with Crippen molar-refractivity contribution in [2.24, 2.45) is 59.2 Å². The summed E-state index contributed by atoms with van der Waals surface area (Å²) in [4.78, 5) is 37.4. The average molecular weight is 921 g/mol. The highest BCUT2D eigenvalue weighted by molar-refractivity contribution is 5.99. The van der Waals surface area contributed by atoms with E-state index in [9.17, 15) is 40.7 Å². The number of hydrogen-bond donors (Lipinski definition) is 0. The van der Waals surface area contributed by atoms with E-state index in [1.807, 2.05) is 0 Å². The zero-order valence-electron chi connectivity index (χ0n) is 40.4. The molecule has 5 aliphatic carbocycles. The number of rotatable bonds is 8. The van der Waals surface area contributed by atoms with E-state index in [-0.39, 0.29) is 68.5 Å². The topological polar surface area (TPSA) is 51.2 Å². The number of Topliss-reactive ketones (excluding diaryl/α,β-unsaturated/α-hetero) is 3. The zero-order valence-corrected chi connectivity index (χ0v) is 40.4. The maximum absolute atomic E-state index is 14.1. The molecule has 5 saturated carbocycles. The van der Waals surface area contributed by atoms with Gasteiger partial charge < -0.3 is 0 Å². The third kappa shape index (κ3) is 12.7. The van der Waals surface area contributed by atoms with Crippen LogP contribution in [0.15, 0.2) is 36.4 Å². The van der Waals surface area contributed by atoms with Gasteiger partial charge in [-0.3, -0.25) is 14.4 Å². The summed E-state index contributed by atoms with van der Waals surface area (Å²) in [6, 6.07) is 8.78. The van der Waals surface area contributed by atoms with Crippen molar-refractivity contribution >= 4 is 17.3 Å². The van der Waals surface area contributed by atoms with Crippen LogP contribution in [0.25, 0.3) is 0 Å². The summed E-state index contributed by atoms with van der Waals surface area (Å²) in [7, 11) is 0. The summed E-state index contributed by atoms with van der Waals surface area (Å²) in [5.74, 6) is -1.24. The molecule has 0 aromatic heterocycles. The molecular formula is C57H74F6O3. The normalized spacial score (nSPS) is 29.1. The smallest absolute Gasteiger partial charge is 0.169 e. The van der Waals surface area contributed by atoms with E-state index in [0.29, 0.717) is 5.92 Å². The maximum atomic E-state index is 14.1. The van der Waals surface area contributed by atoms with Crippen LogP contribution in [0.3, 0.4) is 0 Å². The number of carbonyl (C=O) groups excluding carboxylic acids is 3. The van der Waals surface area contributed by atoms with Crippen molar-refractivity contribution in [1.82, 2.24) is 0 Å². The molecule has 0 bridgehead atoms. The third-order valence-electron chi connectivity index (χ3n) is 16.7. The van der Waals surface area contributed by atoms with Gasteiger partial charge in [-0.05, 0) is 187 Å². The zero-order chi connectivity index (χ0) is 47.8. The average Bonchev–Trinajstić information content (AvgIpc) is 3.32. The molecule has 0 N–H and O–H groups in total. The number of benzene rings is 3. The first-order valence-electron chi connectivity index (χ1n) is 25.4. The Morgan fingerprint density at radius 1 is 0.318 bits per heavy atom. The van der Waals surface area contributed by atoms with E-state index in [2.05, 4.69) is 20.8 Å². The minimum absolute atomic E-state index is 0.0620. The molecule has 0 saturated heterocycles. The van der Waals surface area contributed by atoms with Crippen LogP contribution in [0.1, 0.15) is 197 Å². The molecule has 9 heteroatoms. The van der Waals surface area contributed by atoms with Gasteiger partial charge in [0.15, 0.2) is 52.3 Å². The number of hydrogen-bond acceptors (Lipinski definition) is 3. The van der Waals surface area contributed by atoms with Crippen molar-refractivity contribution in [1.29, 1.82) is 0 Å². The number of ketones is 3. The van der Waals surface area contributed by atoms with Gasteiger partial charge in [0.25, 0.3) is 0 Å². The third-order valence-corrected chi connectivity index (χ3v) is 16.7. The predicted molar refractivity (Wildman–Crippen MR) is 251 cm³/mol. The van der Waals surface area contributed by atoms with Gasteiger partial charge in [-0.15, -0.1) is 0 Å². The Kier molecular flexibility index (Phi) is 18.4. The van der Waals surface area contributed by atoms with Crippen LogP contribution >= 0.6 is 0 Å². The van der Waals surface area contributed by atoms with Gasteiger partial charge in [-0.2, -0.15) is 0 Å². The Labute approximate surface area is 390 Å². The second-order valence-corrected chi connectivity index (χ2v) is 21.5. The SMILES string of the molecule is Cc1ccc(C(=O)C2CCC(C)CC2)c(F)c1F.Cc1ccc(C(=O)C2CCC(C3CCC(C)CC3)CC2)c(F)c1F.Cc1ccc(C(=O)C2CCC(C3CCC(C)CC3)CC2)c(F)c1F. The van der Waals surface area contributed by atoms with E-state index < -0.39 is 34.9 Å². The summed E-state index contributed by atoms with van der Waals surface area (Å²) in [5, 5.41) is 0. The molecular weight excluding hydrogens is 847 g/mol. The fraction of sp³-hybridized carbons (Fsp3) is 0.632. The summed E-state index contributed by atoms with van der Waals surface area (Å²) < 4.78 is 82.8. The molecule has 3 aromatic carbocycles. The molecule has 3 aromatic rings. The Morgan fingerprint density at radius 2 is 0.515 bits per heavy atom. The first kappa shape index (κ1) is 51.6. The van der Waals surface area contributed by atoms with Crippen LogP contribution in [0.4, 0.5) is 26.3 Å². The fourth-order valence-electron chi connectivity index (χ4n) is 11.9. The van der Waals surface area contributed by atoms with E-state index in [4.69, 9.17) is 0 Å². The number of halogens is 6. The largest absolute Gasteiger partial charge is 0.294 e. The Morgan fingerprint density at radius 3 is 0.758 bits per heavy atom. The highest BCUT2D eigenvalue weighted by Gasteiger charge is 2.36. The standard InChI is InChI=1S/2C21H28F2O.C15H18F2O/c2*1-13-3-6-15(7-4-13)16-8-10-17(11-9-16)21(24)18-12-5-14(2)19(22)20(18)23;1-9-3-6-11(7-4-9)15(18)12-8-5-10(2)13(16)14(12)17/h2*5,12-13,15-17H,3-4,6-11H2,1-2H3;5,8-9,11H,3-4,6-7H2,1-2H3. The first-order valence-corrected chi connectivity index (χ1v) is 25.4. The lowest BCUT2D eigenvalue weighted by Gasteiger charge is -2.37. The summed E-state index contributed by atoms with van der Waals surface area (Å²) in [6.07, 6.45) is 21.7. The Hall–Kier alpha value is -3.75. The van der Waals surface area contributed by atoms with Gasteiger partial charge in [-0.25, -0.2) is 26.3 Å². The van der Waals surface area contributed by atoms with E-state index in [0.717, 1.165) is 113 Å². The highest BCUT2D eigenvalue weighted by atomic mass is 19.2. The van der Waals surface area contributed by atoms with Crippen LogP contribution in [0, 0.1) is 115 Å². The minimum Gasteiger partial charge on any atom is -0.294 e. The predicted octanol–water partition coefficient (Wildman–Crippen LogP) is 16.5. The molecule has 0 unspecified atom stereocenters. The fourth-order valence-corrected chi connectivity index (χ4v) is 11.9. The van der Waals surface area contributed by atoms with Crippen LogP contribution < -0.4 is 0 Å². The second kappa shape index (κ2) is 23.5. The van der Waals surface area contributed by atoms with Gasteiger partial charge in [0, 0.05) is 17.8 Å². The Balaban J connectivity index is 0.000000166. The van der Waals surface area contributed by atoms with E-state index >= 15 is 0 Å². The first-order chi connectivity index (χ1) is 31.4. The maximum Gasteiger partial charge on any atom is 0.169 e. The van der Waals surface area contributed by atoms with Crippen LogP contribution in [0.2, 0.25) is 0 Å². The van der Waals surface area contributed by atoms with Crippen LogP contribution in [-0.2, 0) is 0 Å². The van der Waals surface area contributed by atoms with Crippen molar-refractivity contribution in [2.45, 2.75) is 170 Å². The molecule has 362 valence electrons. The summed E-state index contributed by atoms with van der Waals surface area (Å²) in [5.41, 5.74) is 0.527. The molecule has 0 radical (unpaired) electrons. The van der Waals surface area contributed by atoms with Crippen LogP contribution in [0.5, 0.6) is 0 Å². The van der Waals surface area contributed by atoms with Crippen molar-refractivity contribution in [3.63, 3.8) is 0 Å². The van der Waals surface area contributed by atoms with Crippen molar-refractivity contribution < 1.29 is 40.7 Å². The van der Waals surface area contributed by atoms with Crippen molar-refractivity contribution in [2.75, 3.05) is 0 Å². The van der Waals surface area contributed by atoms with Crippen LogP contribution in [-0.4, -0.2) is 17.3 Å². The molecule has 0 spiro atoms. The summed E-state index contributed by atoms with van der Waals surface area (Å²) in [6.45, 7) is 11.4. The second-order valence-electron chi connectivity index (χ2n) is 21.5. The lowest BCUT2D eigenvalue weighted by Crippen LogP contribution is -2.28. The molecule has 8 rings (SSSR count). The monoisotopic (exact) mass is 921 g/mol. The Bertz CT molecular complexity index is 2020. The summed E-state index contributed by atoms with van der Waals surface area (Å²) >= 11 is 0. The van der Waals surface area contributed by atoms with Gasteiger partial charge >= 0.3 is 0 Å². The molecule has 0 atom stereocenters. The van der Waals surface area contributed by atoms with Crippen molar-refractivity contribution in [3.8, 4) is 0 Å². The molecule has 0 heterocycles.